The molecule has 1 N–H and O–H groups in total. The molecule has 2 rings (SSSR count). The Hall–Kier alpha value is -1.12. The van der Waals surface area contributed by atoms with Crippen LogP contribution in [0.2, 0.25) is 0 Å². The first-order valence-corrected chi connectivity index (χ1v) is 9.57. The number of amides is 1. The molecule has 0 aliphatic carbocycles. The van der Waals surface area contributed by atoms with E-state index in [-0.39, 0.29) is 17.5 Å². The maximum atomic E-state index is 12.7. The van der Waals surface area contributed by atoms with Crippen LogP contribution in [0.1, 0.15) is 27.2 Å². The van der Waals surface area contributed by atoms with Gasteiger partial charge in [-0.1, -0.05) is 12.1 Å². The summed E-state index contributed by atoms with van der Waals surface area (Å²) in [6, 6.07) is 6.46. The van der Waals surface area contributed by atoms with Gasteiger partial charge in [0.25, 0.3) is 0 Å². The molecule has 1 aromatic rings. The van der Waals surface area contributed by atoms with E-state index in [0.717, 1.165) is 0 Å². The molecule has 1 aliphatic rings. The summed E-state index contributed by atoms with van der Waals surface area (Å²) >= 11 is 3.27. The maximum absolute atomic E-state index is 12.7. The Morgan fingerprint density at radius 3 is 2.61 bits per heavy atom. The fraction of sp³-hybridized carbons (Fsp3) is 0.533. The van der Waals surface area contributed by atoms with Gasteiger partial charge >= 0.3 is 6.09 Å². The molecule has 0 radical (unpaired) electrons. The molecule has 8 heteroatoms. The van der Waals surface area contributed by atoms with Gasteiger partial charge in [0, 0.05) is 23.6 Å². The number of nitrogens with zero attached hydrogens (tertiary/aromatic N) is 1. The van der Waals surface area contributed by atoms with Gasteiger partial charge in [0.05, 0.1) is 4.90 Å². The molecule has 0 bridgehead atoms. The van der Waals surface area contributed by atoms with E-state index < -0.39 is 21.7 Å². The van der Waals surface area contributed by atoms with Gasteiger partial charge in [-0.15, -0.1) is 0 Å². The van der Waals surface area contributed by atoms with Crippen LogP contribution in [0.25, 0.3) is 0 Å². The molecule has 0 unspecified atom stereocenters. The first-order valence-electron chi connectivity index (χ1n) is 7.34. The molecular formula is C15H21BrN2O4S. The number of ether oxygens (including phenoxy) is 1. The number of alkyl carbamates (subject to hydrolysis) is 1. The van der Waals surface area contributed by atoms with Gasteiger partial charge in [-0.2, -0.15) is 4.31 Å². The Balaban J connectivity index is 2.03. The number of benzene rings is 1. The highest BCUT2D eigenvalue weighted by atomic mass is 79.9. The van der Waals surface area contributed by atoms with Gasteiger partial charge in [-0.05, 0) is 55.3 Å². The number of sulfonamides is 1. The smallest absolute Gasteiger partial charge is 0.407 e. The van der Waals surface area contributed by atoms with Crippen LogP contribution < -0.4 is 5.32 Å². The normalized spacial score (nSPS) is 19.6. The summed E-state index contributed by atoms with van der Waals surface area (Å²) in [4.78, 5) is 12.0. The summed E-state index contributed by atoms with van der Waals surface area (Å²) in [6.45, 7) is 5.95. The Labute approximate surface area is 145 Å². The van der Waals surface area contributed by atoms with Gasteiger partial charge < -0.3 is 10.1 Å². The summed E-state index contributed by atoms with van der Waals surface area (Å²) in [6.07, 6.45) is 0.0331. The van der Waals surface area contributed by atoms with Crippen molar-refractivity contribution in [2.45, 2.75) is 43.7 Å². The monoisotopic (exact) mass is 404 g/mol. The lowest BCUT2D eigenvalue weighted by atomic mass is 10.2. The van der Waals surface area contributed by atoms with Crippen LogP contribution in [0.5, 0.6) is 0 Å². The van der Waals surface area contributed by atoms with Crippen molar-refractivity contribution in [1.29, 1.82) is 0 Å². The predicted octanol–water partition coefficient (Wildman–Crippen LogP) is 2.74. The number of hydrogen-bond donors (Lipinski definition) is 1. The third-order valence-corrected chi connectivity index (χ3v) is 6.20. The minimum atomic E-state index is -3.58. The molecule has 1 amide bonds. The zero-order valence-electron chi connectivity index (χ0n) is 13.4. The molecule has 1 heterocycles. The molecule has 0 saturated carbocycles. The van der Waals surface area contributed by atoms with Gasteiger partial charge in [0.1, 0.15) is 5.60 Å². The maximum Gasteiger partial charge on any atom is 0.407 e. The van der Waals surface area contributed by atoms with Crippen LogP contribution in [0, 0.1) is 0 Å². The van der Waals surface area contributed by atoms with Crippen molar-refractivity contribution in [3.8, 4) is 0 Å². The lowest BCUT2D eigenvalue weighted by Gasteiger charge is -2.22. The van der Waals surface area contributed by atoms with Crippen molar-refractivity contribution in [2.75, 3.05) is 13.1 Å². The molecule has 1 aliphatic heterocycles. The average Bonchev–Trinajstić information content (AvgIpc) is 2.85. The third kappa shape index (κ3) is 4.68. The van der Waals surface area contributed by atoms with Crippen LogP contribution in [-0.4, -0.2) is 43.5 Å². The van der Waals surface area contributed by atoms with Gasteiger partial charge in [0.15, 0.2) is 0 Å². The van der Waals surface area contributed by atoms with E-state index in [1.807, 2.05) is 0 Å². The summed E-state index contributed by atoms with van der Waals surface area (Å²) < 4.78 is 32.4. The highest BCUT2D eigenvalue weighted by Crippen LogP contribution is 2.27. The average molecular weight is 405 g/mol. The second-order valence-electron chi connectivity index (χ2n) is 6.43. The minimum Gasteiger partial charge on any atom is -0.444 e. The second kappa shape index (κ2) is 6.78. The molecule has 1 aromatic carbocycles. The van der Waals surface area contributed by atoms with Gasteiger partial charge in [0.2, 0.25) is 10.0 Å². The molecule has 6 nitrogen and oxygen atoms in total. The number of hydrogen-bond acceptors (Lipinski definition) is 4. The summed E-state index contributed by atoms with van der Waals surface area (Å²) in [7, 11) is -3.58. The van der Waals surface area contributed by atoms with Crippen molar-refractivity contribution in [2.24, 2.45) is 0 Å². The first kappa shape index (κ1) is 18.2. The Morgan fingerprint density at radius 1 is 1.35 bits per heavy atom. The lowest BCUT2D eigenvalue weighted by Crippen LogP contribution is -2.41. The highest BCUT2D eigenvalue weighted by Gasteiger charge is 2.34. The molecule has 23 heavy (non-hydrogen) atoms. The van der Waals surface area contributed by atoms with Gasteiger partial charge in [-0.3, -0.25) is 0 Å². The quantitative estimate of drug-likeness (QED) is 0.839. The number of rotatable bonds is 3. The van der Waals surface area contributed by atoms with E-state index in [1.54, 1.807) is 45.0 Å². The Morgan fingerprint density at radius 2 is 2.00 bits per heavy atom. The van der Waals surface area contributed by atoms with E-state index in [4.69, 9.17) is 4.74 Å². The number of halogens is 1. The number of nitrogens with one attached hydrogen (secondary N) is 1. The van der Waals surface area contributed by atoms with Crippen LogP contribution in [0.3, 0.4) is 0 Å². The van der Waals surface area contributed by atoms with Crippen molar-refractivity contribution in [3.63, 3.8) is 0 Å². The summed E-state index contributed by atoms with van der Waals surface area (Å²) in [5, 5.41) is 2.72. The molecule has 1 saturated heterocycles. The molecule has 0 spiro atoms. The zero-order valence-corrected chi connectivity index (χ0v) is 15.8. The zero-order chi connectivity index (χ0) is 17.3. The summed E-state index contributed by atoms with van der Waals surface area (Å²) in [5.74, 6) is 0. The number of carbonyl (C=O) groups excluding carboxylic acids is 1. The molecule has 0 aromatic heterocycles. The fourth-order valence-electron chi connectivity index (χ4n) is 2.33. The van der Waals surface area contributed by atoms with E-state index in [2.05, 4.69) is 21.2 Å². The van der Waals surface area contributed by atoms with E-state index >= 15 is 0 Å². The van der Waals surface area contributed by atoms with Crippen LogP contribution in [-0.2, 0) is 14.8 Å². The minimum absolute atomic E-state index is 0.234. The Bertz CT molecular complexity index is 685. The topological polar surface area (TPSA) is 75.7 Å². The van der Waals surface area contributed by atoms with E-state index in [0.29, 0.717) is 17.4 Å². The fourth-order valence-corrected chi connectivity index (χ4v) is 4.80. The predicted molar refractivity (Wildman–Crippen MR) is 90.7 cm³/mol. The molecular weight excluding hydrogens is 384 g/mol. The molecule has 1 atom stereocenters. The van der Waals surface area contributed by atoms with Crippen molar-refractivity contribution in [3.05, 3.63) is 28.7 Å². The van der Waals surface area contributed by atoms with Crippen LogP contribution >= 0.6 is 15.9 Å². The second-order valence-corrected chi connectivity index (χ2v) is 9.19. The third-order valence-electron chi connectivity index (χ3n) is 3.33. The molecule has 128 valence electrons. The van der Waals surface area contributed by atoms with E-state index in [9.17, 15) is 13.2 Å². The van der Waals surface area contributed by atoms with Crippen molar-refractivity contribution < 1.29 is 17.9 Å². The standard InChI is InChI=1S/C15H21BrN2O4S/c1-15(2,3)22-14(19)17-11-8-9-18(10-11)23(20,21)13-7-5-4-6-12(13)16/h4-7,11H,8-10H2,1-3H3,(H,17,19)/t11-/m0/s1. The lowest BCUT2D eigenvalue weighted by molar-refractivity contribution is 0.0507. The first-order chi connectivity index (χ1) is 10.6. The van der Waals surface area contributed by atoms with Crippen molar-refractivity contribution in [1.82, 2.24) is 9.62 Å². The van der Waals surface area contributed by atoms with Gasteiger partial charge in [-0.25, -0.2) is 13.2 Å². The summed E-state index contributed by atoms with van der Waals surface area (Å²) in [5.41, 5.74) is -0.580. The number of carbonyl (C=O) groups is 1. The SMILES string of the molecule is CC(C)(C)OC(=O)N[C@H]1CCN(S(=O)(=O)c2ccccc2Br)C1. The largest absolute Gasteiger partial charge is 0.444 e. The molecule has 1 fully saturated rings. The Kier molecular flexibility index (Phi) is 5.37. The van der Waals surface area contributed by atoms with E-state index in [1.165, 1.54) is 4.31 Å². The van der Waals surface area contributed by atoms with Crippen LogP contribution in [0.4, 0.5) is 4.79 Å². The van der Waals surface area contributed by atoms with Crippen LogP contribution in [0.15, 0.2) is 33.6 Å². The highest BCUT2D eigenvalue weighted by molar-refractivity contribution is 9.10. The van der Waals surface area contributed by atoms with Crippen molar-refractivity contribution >= 4 is 32.0 Å².